The Bertz CT molecular complexity index is 275. The van der Waals surface area contributed by atoms with Gasteiger partial charge in [0.15, 0.2) is 0 Å². The molecular formula is C12H20N2O. The van der Waals surface area contributed by atoms with Crippen LogP contribution < -0.4 is 11.1 Å². The third-order valence-electron chi connectivity index (χ3n) is 3.36. The summed E-state index contributed by atoms with van der Waals surface area (Å²) in [6.07, 6.45) is 8.27. The zero-order valence-electron chi connectivity index (χ0n) is 9.28. The van der Waals surface area contributed by atoms with Crippen molar-refractivity contribution in [3.8, 4) is 0 Å². The molecule has 0 aliphatic heterocycles. The van der Waals surface area contributed by atoms with Gasteiger partial charge in [-0.2, -0.15) is 0 Å². The summed E-state index contributed by atoms with van der Waals surface area (Å²) in [5, 5.41) is 3.11. The fourth-order valence-electron chi connectivity index (χ4n) is 2.33. The number of carbonyl (C=O) groups is 1. The molecule has 1 saturated carbocycles. The molecule has 0 aromatic rings. The summed E-state index contributed by atoms with van der Waals surface area (Å²) in [6.45, 7) is 2.19. The number of carbonyl (C=O) groups excluding carboxylic acids is 1. The molecule has 3 heteroatoms. The Morgan fingerprint density at radius 2 is 2.27 bits per heavy atom. The summed E-state index contributed by atoms with van der Waals surface area (Å²) < 4.78 is 0. The molecule has 1 fully saturated rings. The lowest BCUT2D eigenvalue weighted by Crippen LogP contribution is -2.33. The van der Waals surface area contributed by atoms with E-state index in [1.54, 1.807) is 0 Å². The van der Waals surface area contributed by atoms with Crippen LogP contribution in [0.5, 0.6) is 0 Å². The molecule has 0 radical (unpaired) electrons. The van der Waals surface area contributed by atoms with E-state index in [4.69, 9.17) is 5.73 Å². The Labute approximate surface area is 91.1 Å². The number of nitrogens with two attached hydrogens (primary N) is 1. The molecule has 0 saturated heterocycles. The highest BCUT2D eigenvalue weighted by Crippen LogP contribution is 2.35. The molecule has 0 aromatic carbocycles. The van der Waals surface area contributed by atoms with E-state index in [1.807, 2.05) is 12.2 Å². The number of hydrogen-bond acceptors (Lipinski definition) is 2. The minimum Gasteiger partial charge on any atom is -0.353 e. The van der Waals surface area contributed by atoms with Crippen LogP contribution in [0.25, 0.3) is 0 Å². The standard InChI is InChI=1S/C12H20N2O/c1-2-3-8-7-11(8)14-12(15)9-4-5-10(13)6-9/h4-5,8-11H,2-3,6-7,13H2,1H3,(H,14,15). The van der Waals surface area contributed by atoms with Crippen LogP contribution in [0.15, 0.2) is 12.2 Å². The Balaban J connectivity index is 1.72. The number of amides is 1. The van der Waals surface area contributed by atoms with Crippen LogP contribution in [-0.4, -0.2) is 18.0 Å². The smallest absolute Gasteiger partial charge is 0.227 e. The van der Waals surface area contributed by atoms with E-state index in [1.165, 1.54) is 19.3 Å². The van der Waals surface area contributed by atoms with Crippen molar-refractivity contribution in [3.05, 3.63) is 12.2 Å². The maximum absolute atomic E-state index is 11.8. The van der Waals surface area contributed by atoms with Gasteiger partial charge in [-0.25, -0.2) is 0 Å². The van der Waals surface area contributed by atoms with Gasteiger partial charge in [0, 0.05) is 12.1 Å². The molecule has 84 valence electrons. The van der Waals surface area contributed by atoms with Crippen LogP contribution in [0, 0.1) is 11.8 Å². The topological polar surface area (TPSA) is 55.1 Å². The summed E-state index contributed by atoms with van der Waals surface area (Å²) in [6, 6.07) is 0.522. The highest BCUT2D eigenvalue weighted by Gasteiger charge is 2.38. The fourth-order valence-corrected chi connectivity index (χ4v) is 2.33. The van der Waals surface area contributed by atoms with E-state index in [-0.39, 0.29) is 17.9 Å². The Morgan fingerprint density at radius 3 is 2.87 bits per heavy atom. The summed E-state index contributed by atoms with van der Waals surface area (Å²) in [5.41, 5.74) is 5.72. The van der Waals surface area contributed by atoms with Gasteiger partial charge in [0.05, 0.1) is 5.92 Å². The molecule has 0 heterocycles. The maximum atomic E-state index is 11.8. The molecule has 4 atom stereocenters. The molecule has 2 aliphatic rings. The van der Waals surface area contributed by atoms with Gasteiger partial charge in [-0.05, 0) is 25.2 Å². The van der Waals surface area contributed by atoms with Crippen molar-refractivity contribution >= 4 is 5.91 Å². The van der Waals surface area contributed by atoms with Crippen molar-refractivity contribution in [2.45, 2.75) is 44.7 Å². The fraction of sp³-hybridized carbons (Fsp3) is 0.750. The van der Waals surface area contributed by atoms with Crippen molar-refractivity contribution < 1.29 is 4.79 Å². The quantitative estimate of drug-likeness (QED) is 0.682. The highest BCUT2D eigenvalue weighted by molar-refractivity contribution is 5.81. The summed E-state index contributed by atoms with van der Waals surface area (Å²) in [4.78, 5) is 11.8. The molecule has 4 unspecified atom stereocenters. The first-order valence-corrected chi connectivity index (χ1v) is 5.95. The molecule has 2 aliphatic carbocycles. The first-order chi connectivity index (χ1) is 7.20. The van der Waals surface area contributed by atoms with Gasteiger partial charge in [0.2, 0.25) is 5.91 Å². The number of hydrogen-bond donors (Lipinski definition) is 2. The van der Waals surface area contributed by atoms with Crippen LogP contribution in [0.1, 0.15) is 32.6 Å². The van der Waals surface area contributed by atoms with E-state index in [9.17, 15) is 4.79 Å². The Morgan fingerprint density at radius 1 is 1.47 bits per heavy atom. The van der Waals surface area contributed by atoms with Crippen LogP contribution in [-0.2, 0) is 4.79 Å². The lowest BCUT2D eigenvalue weighted by molar-refractivity contribution is -0.123. The third-order valence-corrected chi connectivity index (χ3v) is 3.36. The van der Waals surface area contributed by atoms with Gasteiger partial charge in [-0.3, -0.25) is 4.79 Å². The normalized spacial score (nSPS) is 38.0. The van der Waals surface area contributed by atoms with Crippen molar-refractivity contribution in [1.29, 1.82) is 0 Å². The first kappa shape index (κ1) is 10.7. The second kappa shape index (κ2) is 4.35. The largest absolute Gasteiger partial charge is 0.353 e. The summed E-state index contributed by atoms with van der Waals surface area (Å²) in [7, 11) is 0. The van der Waals surface area contributed by atoms with Crippen LogP contribution >= 0.6 is 0 Å². The summed E-state index contributed by atoms with van der Waals surface area (Å²) in [5.74, 6) is 0.920. The average Bonchev–Trinajstić information content (AvgIpc) is 2.76. The van der Waals surface area contributed by atoms with Crippen molar-refractivity contribution in [2.75, 3.05) is 0 Å². The molecule has 0 aromatic heterocycles. The lowest BCUT2D eigenvalue weighted by atomic mass is 10.1. The van der Waals surface area contributed by atoms with Gasteiger partial charge in [-0.1, -0.05) is 25.5 Å². The highest BCUT2D eigenvalue weighted by atomic mass is 16.2. The zero-order valence-corrected chi connectivity index (χ0v) is 9.28. The van der Waals surface area contributed by atoms with Crippen LogP contribution in [0.4, 0.5) is 0 Å². The molecule has 1 amide bonds. The second-order valence-corrected chi connectivity index (χ2v) is 4.79. The monoisotopic (exact) mass is 208 g/mol. The molecule has 0 bridgehead atoms. The first-order valence-electron chi connectivity index (χ1n) is 5.95. The minimum atomic E-state index is 0.0166. The molecule has 0 spiro atoms. The lowest BCUT2D eigenvalue weighted by Gasteiger charge is -2.10. The van der Waals surface area contributed by atoms with E-state index < -0.39 is 0 Å². The van der Waals surface area contributed by atoms with E-state index in [0.717, 1.165) is 12.3 Å². The van der Waals surface area contributed by atoms with Gasteiger partial charge in [0.25, 0.3) is 0 Å². The predicted octanol–water partition coefficient (Wildman–Crippen LogP) is 1.19. The van der Waals surface area contributed by atoms with Gasteiger partial charge >= 0.3 is 0 Å². The molecular weight excluding hydrogens is 188 g/mol. The van der Waals surface area contributed by atoms with Crippen molar-refractivity contribution in [3.63, 3.8) is 0 Å². The predicted molar refractivity (Wildman–Crippen MR) is 60.2 cm³/mol. The van der Waals surface area contributed by atoms with Crippen molar-refractivity contribution in [2.24, 2.45) is 17.6 Å². The van der Waals surface area contributed by atoms with E-state index in [2.05, 4.69) is 12.2 Å². The second-order valence-electron chi connectivity index (χ2n) is 4.79. The minimum absolute atomic E-state index is 0.0166. The summed E-state index contributed by atoms with van der Waals surface area (Å²) >= 11 is 0. The molecule has 2 rings (SSSR count). The van der Waals surface area contributed by atoms with E-state index >= 15 is 0 Å². The Kier molecular flexibility index (Phi) is 3.10. The SMILES string of the molecule is CCCC1CC1NC(=O)C1C=CC(N)C1. The number of rotatable bonds is 4. The zero-order chi connectivity index (χ0) is 10.8. The van der Waals surface area contributed by atoms with Crippen LogP contribution in [0.3, 0.4) is 0 Å². The van der Waals surface area contributed by atoms with Gasteiger partial charge in [0.1, 0.15) is 0 Å². The molecule has 3 N–H and O–H groups in total. The van der Waals surface area contributed by atoms with Crippen molar-refractivity contribution in [1.82, 2.24) is 5.32 Å². The third kappa shape index (κ3) is 2.59. The molecule has 15 heavy (non-hydrogen) atoms. The maximum Gasteiger partial charge on any atom is 0.227 e. The number of nitrogens with one attached hydrogen (secondary N) is 1. The van der Waals surface area contributed by atoms with Gasteiger partial charge in [-0.15, -0.1) is 0 Å². The molecule has 3 nitrogen and oxygen atoms in total. The van der Waals surface area contributed by atoms with E-state index in [0.29, 0.717) is 6.04 Å². The van der Waals surface area contributed by atoms with Gasteiger partial charge < -0.3 is 11.1 Å². The average molecular weight is 208 g/mol. The Hall–Kier alpha value is -0.830. The van der Waals surface area contributed by atoms with Crippen LogP contribution in [0.2, 0.25) is 0 Å².